The van der Waals surface area contributed by atoms with Gasteiger partial charge in [0, 0.05) is 24.5 Å². The van der Waals surface area contributed by atoms with Gasteiger partial charge in [-0.1, -0.05) is 0 Å². The van der Waals surface area contributed by atoms with Crippen molar-refractivity contribution in [1.82, 2.24) is 9.03 Å². The molecule has 1 aliphatic carbocycles. The van der Waals surface area contributed by atoms with Gasteiger partial charge in [0.1, 0.15) is 0 Å². The molecule has 0 aromatic rings. The zero-order chi connectivity index (χ0) is 11.7. The highest BCUT2D eigenvalue weighted by molar-refractivity contribution is 7.87. The van der Waals surface area contributed by atoms with Crippen LogP contribution in [0.15, 0.2) is 0 Å². The minimum absolute atomic E-state index is 0.0463. The Labute approximate surface area is 97.2 Å². The van der Waals surface area contributed by atoms with Crippen molar-refractivity contribution in [2.45, 2.75) is 44.7 Å². The van der Waals surface area contributed by atoms with Gasteiger partial charge in [-0.05, 0) is 33.1 Å². The molecule has 0 bridgehead atoms. The molecule has 90 valence electrons. The Kier molecular flexibility index (Phi) is 4.03. The molecule has 0 aromatic heterocycles. The number of halogens is 1. The van der Waals surface area contributed by atoms with E-state index < -0.39 is 15.7 Å². The highest BCUT2D eigenvalue weighted by atomic mass is 35.5. The second-order valence-electron chi connectivity index (χ2n) is 4.48. The summed E-state index contributed by atoms with van der Waals surface area (Å²) < 4.78 is 27.8. The molecule has 1 fully saturated rings. The van der Waals surface area contributed by atoms with Crippen LogP contribution in [-0.4, -0.2) is 37.2 Å². The quantitative estimate of drug-likeness (QED) is 0.753. The lowest BCUT2D eigenvalue weighted by molar-refractivity contribution is 0.244. The lowest BCUT2D eigenvalue weighted by Gasteiger charge is -2.41. The highest BCUT2D eigenvalue weighted by Gasteiger charge is 2.41. The Bertz CT molecular complexity index is 307. The van der Waals surface area contributed by atoms with Crippen molar-refractivity contribution >= 4 is 21.8 Å². The maximum absolute atomic E-state index is 11.9. The van der Waals surface area contributed by atoms with E-state index in [4.69, 9.17) is 11.6 Å². The van der Waals surface area contributed by atoms with Gasteiger partial charge in [0.2, 0.25) is 0 Å². The Morgan fingerprint density at radius 3 is 2.27 bits per heavy atom. The third-order valence-electron chi connectivity index (χ3n) is 3.02. The SMILES string of the molecule is CC(C)N(C)S(=O)(=O)NC1(CCl)CCC1. The van der Waals surface area contributed by atoms with E-state index in [-0.39, 0.29) is 6.04 Å². The van der Waals surface area contributed by atoms with E-state index in [1.807, 2.05) is 13.8 Å². The van der Waals surface area contributed by atoms with Crippen molar-refractivity contribution in [3.63, 3.8) is 0 Å². The summed E-state index contributed by atoms with van der Waals surface area (Å²) in [7, 11) is -1.81. The molecule has 0 aliphatic heterocycles. The van der Waals surface area contributed by atoms with Gasteiger partial charge in [0.05, 0.1) is 0 Å². The van der Waals surface area contributed by atoms with Crippen molar-refractivity contribution < 1.29 is 8.42 Å². The summed E-state index contributed by atoms with van der Waals surface area (Å²) in [5, 5.41) is 0. The second-order valence-corrected chi connectivity index (χ2v) is 6.48. The predicted octanol–water partition coefficient (Wildman–Crippen LogP) is 1.32. The van der Waals surface area contributed by atoms with E-state index in [2.05, 4.69) is 4.72 Å². The van der Waals surface area contributed by atoms with Gasteiger partial charge in [-0.3, -0.25) is 0 Å². The monoisotopic (exact) mass is 254 g/mol. The molecule has 0 saturated heterocycles. The minimum atomic E-state index is -3.39. The number of nitrogens with one attached hydrogen (secondary N) is 1. The normalized spacial score (nSPS) is 20.7. The van der Waals surface area contributed by atoms with E-state index in [1.54, 1.807) is 7.05 Å². The number of nitrogens with zero attached hydrogens (tertiary/aromatic N) is 1. The summed E-state index contributed by atoms with van der Waals surface area (Å²) in [5.74, 6) is 0.345. The zero-order valence-electron chi connectivity index (χ0n) is 9.46. The van der Waals surface area contributed by atoms with Gasteiger partial charge in [-0.15, -0.1) is 11.6 Å². The Balaban J connectivity index is 2.71. The molecule has 0 heterocycles. The fraction of sp³-hybridized carbons (Fsp3) is 1.00. The molecule has 0 radical (unpaired) electrons. The average molecular weight is 255 g/mol. The maximum Gasteiger partial charge on any atom is 0.279 e. The van der Waals surface area contributed by atoms with Gasteiger partial charge in [0.25, 0.3) is 10.2 Å². The number of rotatable bonds is 5. The van der Waals surface area contributed by atoms with Gasteiger partial charge < -0.3 is 0 Å². The van der Waals surface area contributed by atoms with E-state index in [0.29, 0.717) is 5.88 Å². The van der Waals surface area contributed by atoms with Crippen LogP contribution in [0.2, 0.25) is 0 Å². The minimum Gasteiger partial charge on any atom is -0.195 e. The molecule has 1 saturated carbocycles. The van der Waals surface area contributed by atoms with Crippen LogP contribution in [0.5, 0.6) is 0 Å². The molecule has 4 nitrogen and oxygen atoms in total. The van der Waals surface area contributed by atoms with Crippen LogP contribution in [0.4, 0.5) is 0 Å². The van der Waals surface area contributed by atoms with E-state index in [1.165, 1.54) is 4.31 Å². The number of hydrogen-bond donors (Lipinski definition) is 1. The Morgan fingerprint density at radius 1 is 1.47 bits per heavy atom. The van der Waals surface area contributed by atoms with Crippen LogP contribution in [-0.2, 0) is 10.2 Å². The molecule has 0 aromatic carbocycles. The summed E-state index contributed by atoms with van der Waals surface area (Å²) >= 11 is 5.80. The molecule has 1 rings (SSSR count). The largest absolute Gasteiger partial charge is 0.279 e. The van der Waals surface area contributed by atoms with Crippen molar-refractivity contribution in [3.8, 4) is 0 Å². The van der Waals surface area contributed by atoms with Crippen LogP contribution in [0.25, 0.3) is 0 Å². The van der Waals surface area contributed by atoms with Crippen LogP contribution >= 0.6 is 11.6 Å². The van der Waals surface area contributed by atoms with Crippen LogP contribution < -0.4 is 4.72 Å². The summed E-state index contributed by atoms with van der Waals surface area (Å²) in [6.07, 6.45) is 2.71. The fourth-order valence-corrected chi connectivity index (χ4v) is 3.43. The first kappa shape index (κ1) is 13.2. The summed E-state index contributed by atoms with van der Waals surface area (Å²) in [6.45, 7) is 3.68. The molecule has 0 unspecified atom stereocenters. The van der Waals surface area contributed by atoms with E-state index in [9.17, 15) is 8.42 Å². The van der Waals surface area contributed by atoms with Crippen molar-refractivity contribution in [2.75, 3.05) is 12.9 Å². The summed E-state index contributed by atoms with van der Waals surface area (Å²) in [4.78, 5) is 0. The number of alkyl halides is 1. The molecule has 0 amide bonds. The topological polar surface area (TPSA) is 49.4 Å². The van der Waals surface area contributed by atoms with E-state index >= 15 is 0 Å². The van der Waals surface area contributed by atoms with Crippen LogP contribution in [0.3, 0.4) is 0 Å². The standard InChI is InChI=1S/C9H19ClN2O2S/c1-8(2)12(3)15(13,14)11-9(7-10)5-4-6-9/h8,11H,4-7H2,1-3H3. The molecule has 0 spiro atoms. The molecular formula is C9H19ClN2O2S. The Hall–Kier alpha value is 0.160. The molecule has 6 heteroatoms. The number of hydrogen-bond acceptors (Lipinski definition) is 2. The van der Waals surface area contributed by atoms with Crippen LogP contribution in [0, 0.1) is 0 Å². The molecule has 1 aliphatic rings. The smallest absolute Gasteiger partial charge is 0.195 e. The summed E-state index contributed by atoms with van der Waals surface area (Å²) in [5.41, 5.74) is -0.399. The van der Waals surface area contributed by atoms with Crippen molar-refractivity contribution in [2.24, 2.45) is 0 Å². The van der Waals surface area contributed by atoms with E-state index in [0.717, 1.165) is 19.3 Å². The molecule has 1 N–H and O–H groups in total. The summed E-state index contributed by atoms with van der Waals surface area (Å²) in [6, 6.07) is -0.0463. The van der Waals surface area contributed by atoms with Crippen molar-refractivity contribution in [3.05, 3.63) is 0 Å². The predicted molar refractivity (Wildman–Crippen MR) is 62.3 cm³/mol. The van der Waals surface area contributed by atoms with Gasteiger partial charge in [-0.25, -0.2) is 0 Å². The van der Waals surface area contributed by atoms with Gasteiger partial charge >= 0.3 is 0 Å². The highest BCUT2D eigenvalue weighted by Crippen LogP contribution is 2.33. The first-order chi connectivity index (χ1) is 6.83. The second kappa shape index (κ2) is 4.57. The zero-order valence-corrected chi connectivity index (χ0v) is 11.0. The molecule has 0 atom stereocenters. The van der Waals surface area contributed by atoms with Crippen molar-refractivity contribution in [1.29, 1.82) is 0 Å². The first-order valence-corrected chi connectivity index (χ1v) is 7.13. The third kappa shape index (κ3) is 2.84. The van der Waals surface area contributed by atoms with Crippen LogP contribution in [0.1, 0.15) is 33.1 Å². The van der Waals surface area contributed by atoms with Gasteiger partial charge in [0.15, 0.2) is 0 Å². The lowest BCUT2D eigenvalue weighted by atomic mass is 9.79. The third-order valence-corrected chi connectivity index (χ3v) is 5.40. The maximum atomic E-state index is 11.9. The fourth-order valence-electron chi connectivity index (χ4n) is 1.49. The lowest BCUT2D eigenvalue weighted by Crippen LogP contribution is -2.58. The Morgan fingerprint density at radius 2 is 2.00 bits per heavy atom. The molecular weight excluding hydrogens is 236 g/mol. The van der Waals surface area contributed by atoms with Gasteiger partial charge in [-0.2, -0.15) is 17.4 Å². The average Bonchev–Trinajstić information content (AvgIpc) is 2.10. The molecule has 15 heavy (non-hydrogen) atoms. The first-order valence-electron chi connectivity index (χ1n) is 5.16.